The van der Waals surface area contributed by atoms with Crippen LogP contribution in [0, 0.1) is 17.7 Å². The van der Waals surface area contributed by atoms with Gasteiger partial charge in [0.15, 0.2) is 0 Å². The number of halogens is 1. The molecule has 2 saturated heterocycles. The van der Waals surface area contributed by atoms with Crippen LogP contribution in [-0.4, -0.2) is 111 Å². The summed E-state index contributed by atoms with van der Waals surface area (Å²) in [6, 6.07) is 12.4. The Labute approximate surface area is 268 Å². The van der Waals surface area contributed by atoms with Gasteiger partial charge in [0.25, 0.3) is 5.91 Å². The number of piperidine rings is 1. The predicted molar refractivity (Wildman–Crippen MR) is 167 cm³/mol. The van der Waals surface area contributed by atoms with Crippen molar-refractivity contribution in [1.82, 2.24) is 25.8 Å². The van der Waals surface area contributed by atoms with Gasteiger partial charge in [0, 0.05) is 56.8 Å². The summed E-state index contributed by atoms with van der Waals surface area (Å²) >= 11 is 0. The van der Waals surface area contributed by atoms with Gasteiger partial charge in [0.05, 0.1) is 26.4 Å². The minimum atomic E-state index is -0.452. The third kappa shape index (κ3) is 11.4. The number of hydrogen-bond acceptors (Lipinski definition) is 8. The molecule has 2 atom stereocenters. The van der Waals surface area contributed by atoms with E-state index in [-0.39, 0.29) is 74.4 Å². The molecule has 250 valence electrons. The lowest BCUT2D eigenvalue weighted by Crippen LogP contribution is -2.46. The fraction of sp³-hybridized carbons (Fsp3) is 0.515. The number of rotatable bonds is 6. The number of amides is 4. The van der Waals surface area contributed by atoms with E-state index < -0.39 is 17.6 Å². The second kappa shape index (κ2) is 18.2. The lowest BCUT2D eigenvalue weighted by molar-refractivity contribution is -0.140. The molecule has 0 unspecified atom stereocenters. The Morgan fingerprint density at radius 2 is 1.70 bits per heavy atom. The quantitative estimate of drug-likeness (QED) is 0.369. The lowest BCUT2D eigenvalue weighted by atomic mass is 9.80. The van der Waals surface area contributed by atoms with Crippen molar-refractivity contribution in [1.29, 1.82) is 0 Å². The Kier molecular flexibility index (Phi) is 13.7. The molecule has 13 heteroatoms. The van der Waals surface area contributed by atoms with Gasteiger partial charge in [-0.1, -0.05) is 18.2 Å². The highest BCUT2D eigenvalue weighted by molar-refractivity contribution is 5.94. The maximum atomic E-state index is 13.2. The highest BCUT2D eigenvalue weighted by Crippen LogP contribution is 2.31. The Hall–Kier alpha value is -4.07. The Morgan fingerprint density at radius 1 is 0.935 bits per heavy atom. The second-order valence-corrected chi connectivity index (χ2v) is 11.6. The van der Waals surface area contributed by atoms with Crippen molar-refractivity contribution in [2.24, 2.45) is 11.8 Å². The Balaban J connectivity index is 1.36. The first kappa shape index (κ1) is 34.8. The van der Waals surface area contributed by atoms with Crippen molar-refractivity contribution in [2.45, 2.75) is 25.8 Å². The second-order valence-electron chi connectivity index (χ2n) is 11.6. The van der Waals surface area contributed by atoms with Crippen LogP contribution in [0.4, 0.5) is 4.39 Å². The van der Waals surface area contributed by atoms with Crippen LogP contribution in [0.25, 0.3) is 0 Å². The third-order valence-corrected chi connectivity index (χ3v) is 8.27. The van der Waals surface area contributed by atoms with Crippen molar-refractivity contribution < 1.29 is 38.1 Å². The van der Waals surface area contributed by atoms with Crippen LogP contribution >= 0.6 is 0 Å². The molecule has 2 fully saturated rings. The van der Waals surface area contributed by atoms with E-state index in [0.717, 1.165) is 18.5 Å². The Bertz CT molecular complexity index is 1310. The molecule has 2 aromatic carbocycles. The van der Waals surface area contributed by atoms with E-state index in [9.17, 15) is 28.7 Å². The number of hydrogen-bond donors (Lipinski definition) is 4. The number of para-hydroxylation sites is 1. The van der Waals surface area contributed by atoms with Crippen LogP contribution in [-0.2, 0) is 30.4 Å². The largest absolute Gasteiger partial charge is 0.508 e. The SMILES string of the molecule is O=C1C[C@@H]2CCN(Cc3ccccc3O)C[C@@H]2CCNC(=O)CN(CCNC(=O)c2ccc(F)cc2)C(=O)COCCOCCN1. The van der Waals surface area contributed by atoms with Crippen LogP contribution in [0.15, 0.2) is 48.5 Å². The average Bonchev–Trinajstić information content (AvgIpc) is 3.03. The van der Waals surface area contributed by atoms with E-state index in [1.807, 2.05) is 12.1 Å². The summed E-state index contributed by atoms with van der Waals surface area (Å²) < 4.78 is 24.2. The van der Waals surface area contributed by atoms with Gasteiger partial charge in [-0.3, -0.25) is 24.1 Å². The van der Waals surface area contributed by atoms with Gasteiger partial charge in [-0.15, -0.1) is 0 Å². The van der Waals surface area contributed by atoms with E-state index in [4.69, 9.17) is 9.47 Å². The first-order valence-corrected chi connectivity index (χ1v) is 15.8. The number of aromatic hydroxyl groups is 1. The molecule has 0 radical (unpaired) electrons. The molecule has 0 aliphatic carbocycles. The minimum absolute atomic E-state index is 0.0429. The molecule has 2 heterocycles. The summed E-state index contributed by atoms with van der Waals surface area (Å²) in [6.07, 6.45) is 1.81. The van der Waals surface area contributed by atoms with Crippen LogP contribution in [0.2, 0.25) is 0 Å². The molecule has 0 aromatic heterocycles. The monoisotopic (exact) mass is 641 g/mol. The summed E-state index contributed by atoms with van der Waals surface area (Å²) in [7, 11) is 0. The number of nitrogens with one attached hydrogen (secondary N) is 3. The third-order valence-electron chi connectivity index (χ3n) is 8.27. The maximum Gasteiger partial charge on any atom is 0.251 e. The normalized spacial score (nSPS) is 21.6. The molecular weight excluding hydrogens is 597 g/mol. The molecule has 4 rings (SSSR count). The van der Waals surface area contributed by atoms with Crippen molar-refractivity contribution in [2.75, 3.05) is 72.2 Å². The Morgan fingerprint density at radius 3 is 2.50 bits per heavy atom. The van der Waals surface area contributed by atoms with E-state index in [2.05, 4.69) is 20.9 Å². The predicted octanol–water partition coefficient (Wildman–Crippen LogP) is 1.29. The smallest absolute Gasteiger partial charge is 0.251 e. The summed E-state index contributed by atoms with van der Waals surface area (Å²) in [6.45, 7) is 3.16. The average molecular weight is 642 g/mol. The molecular formula is C33H44FN5O7. The van der Waals surface area contributed by atoms with Crippen molar-refractivity contribution in [3.63, 3.8) is 0 Å². The minimum Gasteiger partial charge on any atom is -0.508 e. The molecule has 0 spiro atoms. The lowest BCUT2D eigenvalue weighted by Gasteiger charge is -2.38. The van der Waals surface area contributed by atoms with Crippen molar-refractivity contribution in [3.8, 4) is 5.75 Å². The number of nitrogens with zero attached hydrogens (tertiary/aromatic N) is 2. The van der Waals surface area contributed by atoms with E-state index in [1.54, 1.807) is 12.1 Å². The van der Waals surface area contributed by atoms with Gasteiger partial charge in [-0.25, -0.2) is 4.39 Å². The van der Waals surface area contributed by atoms with Crippen molar-refractivity contribution >= 4 is 23.6 Å². The first-order valence-electron chi connectivity index (χ1n) is 15.8. The van der Waals surface area contributed by atoms with Gasteiger partial charge in [-0.2, -0.15) is 0 Å². The van der Waals surface area contributed by atoms with Crippen molar-refractivity contribution in [3.05, 3.63) is 65.5 Å². The summed E-state index contributed by atoms with van der Waals surface area (Å²) in [5.41, 5.74) is 1.12. The van der Waals surface area contributed by atoms with Crippen LogP contribution in [0.3, 0.4) is 0 Å². The molecule has 0 bridgehead atoms. The molecule has 12 nitrogen and oxygen atoms in total. The topological polar surface area (TPSA) is 150 Å². The number of carbonyl (C=O) groups excluding carboxylic acids is 4. The fourth-order valence-electron chi connectivity index (χ4n) is 5.75. The molecule has 2 aromatic rings. The molecule has 46 heavy (non-hydrogen) atoms. The molecule has 4 amide bonds. The zero-order valence-electron chi connectivity index (χ0n) is 26.0. The van der Waals surface area contributed by atoms with E-state index >= 15 is 0 Å². The summed E-state index contributed by atoms with van der Waals surface area (Å²) in [5.74, 6) is -1.19. The number of carbonyl (C=O) groups is 4. The highest BCUT2D eigenvalue weighted by atomic mass is 19.1. The van der Waals surface area contributed by atoms with Gasteiger partial charge in [-0.05, 0) is 61.6 Å². The first-order chi connectivity index (χ1) is 22.3. The molecule has 0 saturated carbocycles. The number of fused-ring (bicyclic) bond motifs is 1. The standard InChI is InChI=1S/C33H44FN5O7/c34-28-7-5-24(6-8-28)33(44)37-12-15-39-22-31(42)35-11-9-26-20-38(21-27-3-1-2-4-29(27)40)14-10-25(26)19-30(41)36-13-16-45-17-18-46-23-32(39)43/h1-8,25-26,40H,9-23H2,(H,35,42)(H,36,41)(H,37,44)/t25-,26-/m0/s1. The van der Waals surface area contributed by atoms with Gasteiger partial charge >= 0.3 is 0 Å². The highest BCUT2D eigenvalue weighted by Gasteiger charge is 2.31. The fourth-order valence-corrected chi connectivity index (χ4v) is 5.75. The number of phenolic OH excluding ortho intramolecular Hbond substituents is 1. The van der Waals surface area contributed by atoms with E-state index in [0.29, 0.717) is 45.6 Å². The summed E-state index contributed by atoms with van der Waals surface area (Å²) in [4.78, 5) is 54.7. The number of ether oxygens (including phenoxy) is 2. The number of benzene rings is 2. The maximum absolute atomic E-state index is 13.2. The van der Waals surface area contributed by atoms with Gasteiger partial charge < -0.3 is 35.4 Å². The van der Waals surface area contributed by atoms with Gasteiger partial charge in [0.1, 0.15) is 18.2 Å². The van der Waals surface area contributed by atoms with E-state index in [1.165, 1.54) is 29.2 Å². The number of phenols is 1. The van der Waals surface area contributed by atoms with Crippen LogP contribution in [0.1, 0.15) is 35.2 Å². The summed E-state index contributed by atoms with van der Waals surface area (Å²) in [5, 5.41) is 18.8. The molecule has 2 aliphatic heterocycles. The van der Waals surface area contributed by atoms with Crippen LogP contribution < -0.4 is 16.0 Å². The molecule has 2 aliphatic rings. The zero-order valence-corrected chi connectivity index (χ0v) is 26.0. The number of likely N-dealkylation sites (tertiary alicyclic amines) is 1. The molecule has 4 N–H and O–H groups in total. The zero-order chi connectivity index (χ0) is 32.7. The van der Waals surface area contributed by atoms with Crippen LogP contribution in [0.5, 0.6) is 5.75 Å². The van der Waals surface area contributed by atoms with Gasteiger partial charge in [0.2, 0.25) is 17.7 Å².